The van der Waals surface area contributed by atoms with E-state index in [1.54, 1.807) is 0 Å². The summed E-state index contributed by atoms with van der Waals surface area (Å²) in [5.41, 5.74) is 0. The van der Waals surface area contributed by atoms with Crippen LogP contribution in [0.3, 0.4) is 0 Å². The zero-order chi connectivity index (χ0) is 4.28. The van der Waals surface area contributed by atoms with Crippen LogP contribution in [0.1, 0.15) is 1.37 Å². The van der Waals surface area contributed by atoms with Crippen LogP contribution in [-0.4, -0.2) is 23.4 Å². The number of rotatable bonds is 1. The van der Waals surface area contributed by atoms with Gasteiger partial charge in [0.2, 0.25) is 0 Å². The SMILES string of the molecule is [2H]C(O)CO. The molecule has 1 atom stereocenters. The predicted octanol–water partition coefficient (Wildman–Crippen LogP) is -1.03. The lowest BCUT2D eigenvalue weighted by atomic mass is 10.8. The van der Waals surface area contributed by atoms with Crippen molar-refractivity contribution in [1.82, 2.24) is 0 Å². The van der Waals surface area contributed by atoms with Crippen molar-refractivity contribution in [3.8, 4) is 0 Å². The van der Waals surface area contributed by atoms with Crippen molar-refractivity contribution in [3.05, 3.63) is 0 Å². The number of aliphatic hydroxyl groups is 2. The van der Waals surface area contributed by atoms with Gasteiger partial charge in [0.25, 0.3) is 0 Å². The van der Waals surface area contributed by atoms with E-state index in [0.717, 1.165) is 0 Å². The van der Waals surface area contributed by atoms with Crippen molar-refractivity contribution in [2.45, 2.75) is 0 Å². The van der Waals surface area contributed by atoms with Crippen molar-refractivity contribution in [2.24, 2.45) is 0 Å². The lowest BCUT2D eigenvalue weighted by Gasteiger charge is -1.70. The zero-order valence-corrected chi connectivity index (χ0v) is 2.18. The van der Waals surface area contributed by atoms with E-state index >= 15 is 0 Å². The Kier molecular flexibility index (Phi) is 1.59. The molecule has 0 radical (unpaired) electrons. The smallest absolute Gasteiger partial charge is 0.0662 e. The lowest BCUT2D eigenvalue weighted by Crippen LogP contribution is -1.85. The first-order valence-electron chi connectivity index (χ1n) is 1.56. The van der Waals surface area contributed by atoms with E-state index < -0.39 is 13.2 Å². The monoisotopic (exact) mass is 63.0 g/mol. The third kappa shape index (κ3) is 1.92. The molecule has 0 amide bonds. The van der Waals surface area contributed by atoms with E-state index in [-0.39, 0.29) is 0 Å². The van der Waals surface area contributed by atoms with Crippen LogP contribution in [0.4, 0.5) is 0 Å². The second kappa shape index (κ2) is 2.92. The standard InChI is InChI=1S/C2H6O2/c3-1-2-4/h3-4H,1-2H2/i1D. The van der Waals surface area contributed by atoms with Crippen LogP contribution >= 0.6 is 0 Å². The van der Waals surface area contributed by atoms with Crippen LogP contribution in [0.2, 0.25) is 0 Å². The molecular weight excluding hydrogens is 56.0 g/mol. The Morgan fingerprint density at radius 2 is 2.00 bits per heavy atom. The van der Waals surface area contributed by atoms with E-state index in [1.165, 1.54) is 0 Å². The Morgan fingerprint density at radius 3 is 2.00 bits per heavy atom. The van der Waals surface area contributed by atoms with E-state index in [9.17, 15) is 0 Å². The van der Waals surface area contributed by atoms with Gasteiger partial charge in [-0.15, -0.1) is 0 Å². The fourth-order valence-corrected chi connectivity index (χ4v) is 0. The topological polar surface area (TPSA) is 40.5 Å². The Bertz CT molecular complexity index is 21.6. The molecule has 0 bridgehead atoms. The van der Waals surface area contributed by atoms with Crippen LogP contribution < -0.4 is 0 Å². The minimum absolute atomic E-state index is 0.472. The minimum atomic E-state index is -1.31. The number of hydrogen-bond donors (Lipinski definition) is 2. The second-order valence-electron chi connectivity index (χ2n) is 0.365. The average Bonchev–Trinajstić information content (AvgIpc) is 1.38. The van der Waals surface area contributed by atoms with Crippen molar-refractivity contribution in [3.63, 3.8) is 0 Å². The normalized spacial score (nSPS) is 19.0. The molecule has 0 saturated carbocycles. The Labute approximate surface area is 26.1 Å². The van der Waals surface area contributed by atoms with Gasteiger partial charge in [0, 0.05) is 0 Å². The molecule has 0 rings (SSSR count). The van der Waals surface area contributed by atoms with Gasteiger partial charge in [-0.3, -0.25) is 0 Å². The van der Waals surface area contributed by atoms with E-state index in [4.69, 9.17) is 11.6 Å². The molecule has 1 unspecified atom stereocenters. The molecule has 0 aromatic heterocycles. The predicted molar refractivity (Wildman–Crippen MR) is 14.2 cm³/mol. The van der Waals surface area contributed by atoms with Gasteiger partial charge in [-0.05, 0) is 0 Å². The molecule has 0 saturated heterocycles. The summed E-state index contributed by atoms with van der Waals surface area (Å²) in [5.74, 6) is 0. The molecular formula is C2H6O2. The first-order valence-corrected chi connectivity index (χ1v) is 0.983. The van der Waals surface area contributed by atoms with Crippen LogP contribution in [0.5, 0.6) is 0 Å². The maximum Gasteiger partial charge on any atom is 0.0662 e. The third-order valence-corrected chi connectivity index (χ3v) is 0.0816. The van der Waals surface area contributed by atoms with E-state index in [2.05, 4.69) is 0 Å². The van der Waals surface area contributed by atoms with Gasteiger partial charge < -0.3 is 10.2 Å². The summed E-state index contributed by atoms with van der Waals surface area (Å²) in [6.07, 6.45) is 0. The van der Waals surface area contributed by atoms with E-state index in [1.807, 2.05) is 0 Å². The molecule has 0 spiro atoms. The fourth-order valence-electron chi connectivity index (χ4n) is 0. The molecule has 0 aliphatic carbocycles. The van der Waals surface area contributed by atoms with Crippen molar-refractivity contribution in [2.75, 3.05) is 13.2 Å². The highest BCUT2D eigenvalue weighted by Gasteiger charge is 1.58. The highest BCUT2D eigenvalue weighted by Crippen LogP contribution is 1.39. The molecule has 0 aliphatic heterocycles. The summed E-state index contributed by atoms with van der Waals surface area (Å²) in [4.78, 5) is 0. The average molecular weight is 63.1 g/mol. The van der Waals surface area contributed by atoms with Gasteiger partial charge in [-0.25, -0.2) is 0 Å². The molecule has 2 N–H and O–H groups in total. The lowest BCUT2D eigenvalue weighted by molar-refractivity contribution is 0.186. The maximum absolute atomic E-state index is 7.78. The molecule has 0 aromatic carbocycles. The third-order valence-electron chi connectivity index (χ3n) is 0.0816. The molecule has 4 heavy (non-hydrogen) atoms. The first-order chi connectivity index (χ1) is 2.27. The van der Waals surface area contributed by atoms with Crippen molar-refractivity contribution >= 4 is 0 Å². The summed E-state index contributed by atoms with van der Waals surface area (Å²) < 4.78 is 6.13. The molecule has 0 aliphatic rings. The Balaban J connectivity index is 2.54. The molecule has 0 fully saturated rings. The zero-order valence-electron chi connectivity index (χ0n) is 3.18. The van der Waals surface area contributed by atoms with Gasteiger partial charge in [-0.1, -0.05) is 0 Å². The second-order valence-corrected chi connectivity index (χ2v) is 0.365. The first kappa shape index (κ1) is 2.18. The molecule has 2 nitrogen and oxygen atoms in total. The molecule has 0 heterocycles. The summed E-state index contributed by atoms with van der Waals surface area (Å²) in [5, 5.41) is 15.5. The van der Waals surface area contributed by atoms with Crippen LogP contribution in [0.15, 0.2) is 0 Å². The highest BCUT2D eigenvalue weighted by atomic mass is 16.3. The summed E-state index contributed by atoms with van der Waals surface area (Å²) in [6.45, 7) is -1.78. The minimum Gasteiger partial charge on any atom is -0.394 e. The van der Waals surface area contributed by atoms with Gasteiger partial charge in [0.15, 0.2) is 0 Å². The number of hydrogen-bond acceptors (Lipinski definition) is 2. The molecule has 2 heteroatoms. The van der Waals surface area contributed by atoms with E-state index in [0.29, 0.717) is 0 Å². The van der Waals surface area contributed by atoms with Gasteiger partial charge in [-0.2, -0.15) is 0 Å². The van der Waals surface area contributed by atoms with Gasteiger partial charge in [0.05, 0.1) is 14.6 Å². The van der Waals surface area contributed by atoms with Crippen molar-refractivity contribution < 1.29 is 11.6 Å². The summed E-state index contributed by atoms with van der Waals surface area (Å²) >= 11 is 0. The maximum atomic E-state index is 7.78. The largest absolute Gasteiger partial charge is 0.394 e. The summed E-state index contributed by atoms with van der Waals surface area (Å²) in [7, 11) is 0. The van der Waals surface area contributed by atoms with Crippen LogP contribution in [-0.2, 0) is 0 Å². The van der Waals surface area contributed by atoms with Crippen LogP contribution in [0, 0.1) is 0 Å². The fraction of sp³-hybridized carbons (Fsp3) is 1.00. The van der Waals surface area contributed by atoms with Crippen LogP contribution in [0.25, 0.3) is 0 Å². The van der Waals surface area contributed by atoms with Gasteiger partial charge in [0.1, 0.15) is 0 Å². The van der Waals surface area contributed by atoms with Gasteiger partial charge >= 0.3 is 0 Å². The Morgan fingerprint density at radius 1 is 1.75 bits per heavy atom. The quantitative estimate of drug-likeness (QED) is 0.408. The number of aliphatic hydroxyl groups excluding tert-OH is 2. The molecule has 0 aromatic rings. The Hall–Kier alpha value is -0.0800. The summed E-state index contributed by atoms with van der Waals surface area (Å²) in [6, 6.07) is 0. The molecule has 26 valence electrons. The highest BCUT2D eigenvalue weighted by molar-refractivity contribution is 4.06. The van der Waals surface area contributed by atoms with Crippen molar-refractivity contribution in [1.29, 1.82) is 0 Å².